The fourth-order valence-corrected chi connectivity index (χ4v) is 2.91. The number of pyridine rings is 1. The molecule has 140 valence electrons. The first-order valence-electron chi connectivity index (χ1n) is 8.92. The molecule has 4 aromatic rings. The summed E-state index contributed by atoms with van der Waals surface area (Å²) < 4.78 is 0. The minimum Gasteiger partial charge on any atom is -0.340 e. The lowest BCUT2D eigenvalue weighted by Gasteiger charge is -2.12. The van der Waals surface area contributed by atoms with Crippen molar-refractivity contribution in [2.45, 2.75) is 13.0 Å². The molecule has 0 aliphatic rings. The van der Waals surface area contributed by atoms with Gasteiger partial charge in [-0.1, -0.05) is 12.1 Å². The maximum atomic E-state index is 12.8. The molecule has 0 saturated heterocycles. The standard InChI is InChI=1S/C21H20N6O/c1-13(22)14-4-7-16(8-5-14)26-21(28)18-3-2-10-23-20(18)25-17-9-6-15-12-24-27-19(15)11-17/h2-13H,22H2,1H3,(H,23,25)(H,24,27)(H,26,28)/t13-/m0/s1. The zero-order chi connectivity index (χ0) is 19.5. The molecular formula is C21H20N6O. The van der Waals surface area contributed by atoms with Gasteiger partial charge in [-0.2, -0.15) is 5.10 Å². The fraction of sp³-hybridized carbons (Fsp3) is 0.0952. The van der Waals surface area contributed by atoms with Crippen LogP contribution in [0, 0.1) is 0 Å². The summed E-state index contributed by atoms with van der Waals surface area (Å²) in [4.78, 5) is 17.1. The van der Waals surface area contributed by atoms with E-state index in [1.165, 1.54) is 0 Å². The van der Waals surface area contributed by atoms with Crippen LogP contribution in [0.3, 0.4) is 0 Å². The lowest BCUT2D eigenvalue weighted by Crippen LogP contribution is -2.15. The van der Waals surface area contributed by atoms with Crippen molar-refractivity contribution in [3.05, 3.63) is 78.1 Å². The van der Waals surface area contributed by atoms with Crippen LogP contribution in [-0.2, 0) is 0 Å². The van der Waals surface area contributed by atoms with Gasteiger partial charge in [0.15, 0.2) is 0 Å². The fourth-order valence-electron chi connectivity index (χ4n) is 2.91. The van der Waals surface area contributed by atoms with Crippen LogP contribution in [0.5, 0.6) is 0 Å². The van der Waals surface area contributed by atoms with E-state index in [2.05, 4.69) is 25.8 Å². The molecule has 0 bridgehead atoms. The highest BCUT2D eigenvalue weighted by Gasteiger charge is 2.13. The van der Waals surface area contributed by atoms with E-state index in [0.717, 1.165) is 22.2 Å². The molecular weight excluding hydrogens is 352 g/mol. The summed E-state index contributed by atoms with van der Waals surface area (Å²) in [5, 5.41) is 14.1. The highest BCUT2D eigenvalue weighted by atomic mass is 16.1. The summed E-state index contributed by atoms with van der Waals surface area (Å²) in [6.07, 6.45) is 3.40. The Labute approximate surface area is 162 Å². The van der Waals surface area contributed by atoms with Gasteiger partial charge in [-0.05, 0) is 55.0 Å². The molecule has 2 heterocycles. The largest absolute Gasteiger partial charge is 0.340 e. The number of carbonyl (C=O) groups is 1. The Kier molecular flexibility index (Phi) is 4.74. The molecule has 0 radical (unpaired) electrons. The second kappa shape index (κ2) is 7.50. The maximum Gasteiger partial charge on any atom is 0.259 e. The number of anilines is 3. The number of hydrogen-bond donors (Lipinski definition) is 4. The molecule has 0 unspecified atom stereocenters. The molecule has 0 aliphatic carbocycles. The minimum absolute atomic E-state index is 0.0499. The number of nitrogens with one attached hydrogen (secondary N) is 3. The van der Waals surface area contributed by atoms with Gasteiger partial charge in [0.1, 0.15) is 5.82 Å². The van der Waals surface area contributed by atoms with Crippen LogP contribution in [0.2, 0.25) is 0 Å². The van der Waals surface area contributed by atoms with Crippen LogP contribution in [0.15, 0.2) is 67.0 Å². The van der Waals surface area contributed by atoms with E-state index >= 15 is 0 Å². The Morgan fingerprint density at radius 2 is 1.89 bits per heavy atom. The predicted octanol–water partition coefficient (Wildman–Crippen LogP) is 3.97. The van der Waals surface area contributed by atoms with Gasteiger partial charge in [0.25, 0.3) is 5.91 Å². The molecule has 7 nitrogen and oxygen atoms in total. The van der Waals surface area contributed by atoms with Crippen molar-refractivity contribution in [1.29, 1.82) is 0 Å². The number of aromatic amines is 1. The normalized spacial score (nSPS) is 11.9. The molecule has 7 heteroatoms. The lowest BCUT2D eigenvalue weighted by atomic mass is 10.1. The van der Waals surface area contributed by atoms with Crippen molar-refractivity contribution in [3.63, 3.8) is 0 Å². The van der Waals surface area contributed by atoms with E-state index in [-0.39, 0.29) is 11.9 Å². The molecule has 1 amide bonds. The van der Waals surface area contributed by atoms with E-state index in [1.807, 2.05) is 49.4 Å². The molecule has 2 aromatic carbocycles. The van der Waals surface area contributed by atoms with Crippen LogP contribution in [0.4, 0.5) is 17.2 Å². The van der Waals surface area contributed by atoms with Crippen molar-refractivity contribution in [2.75, 3.05) is 10.6 Å². The third kappa shape index (κ3) is 3.70. The number of aromatic nitrogens is 3. The molecule has 28 heavy (non-hydrogen) atoms. The van der Waals surface area contributed by atoms with Gasteiger partial charge in [0.2, 0.25) is 0 Å². The first-order chi connectivity index (χ1) is 13.6. The summed E-state index contributed by atoms with van der Waals surface area (Å²) in [6, 6.07) is 16.7. The van der Waals surface area contributed by atoms with Gasteiger partial charge < -0.3 is 16.4 Å². The van der Waals surface area contributed by atoms with Crippen LogP contribution in [-0.4, -0.2) is 21.1 Å². The van der Waals surface area contributed by atoms with Gasteiger partial charge in [-0.15, -0.1) is 0 Å². The molecule has 0 fully saturated rings. The monoisotopic (exact) mass is 372 g/mol. The Morgan fingerprint density at radius 3 is 2.68 bits per heavy atom. The van der Waals surface area contributed by atoms with Crippen molar-refractivity contribution >= 4 is 34.0 Å². The molecule has 0 spiro atoms. The number of hydrogen-bond acceptors (Lipinski definition) is 5. The number of amides is 1. The van der Waals surface area contributed by atoms with E-state index < -0.39 is 0 Å². The van der Waals surface area contributed by atoms with E-state index in [9.17, 15) is 4.79 Å². The second-order valence-corrected chi connectivity index (χ2v) is 6.56. The number of nitrogens with two attached hydrogens (primary N) is 1. The van der Waals surface area contributed by atoms with Gasteiger partial charge in [0, 0.05) is 29.0 Å². The zero-order valence-corrected chi connectivity index (χ0v) is 15.3. The highest BCUT2D eigenvalue weighted by molar-refractivity contribution is 6.07. The highest BCUT2D eigenvalue weighted by Crippen LogP contribution is 2.23. The van der Waals surface area contributed by atoms with Crippen LogP contribution in [0.1, 0.15) is 28.9 Å². The Bertz CT molecular complexity index is 1120. The molecule has 0 saturated carbocycles. The number of benzene rings is 2. The smallest absolute Gasteiger partial charge is 0.259 e. The van der Waals surface area contributed by atoms with E-state index in [1.54, 1.807) is 24.5 Å². The van der Waals surface area contributed by atoms with Gasteiger partial charge in [-0.3, -0.25) is 9.89 Å². The number of carbonyl (C=O) groups excluding carboxylic acids is 1. The zero-order valence-electron chi connectivity index (χ0n) is 15.3. The van der Waals surface area contributed by atoms with E-state index in [4.69, 9.17) is 5.73 Å². The minimum atomic E-state index is -0.244. The lowest BCUT2D eigenvalue weighted by molar-refractivity contribution is 0.102. The van der Waals surface area contributed by atoms with Gasteiger partial charge in [-0.25, -0.2) is 4.98 Å². The summed E-state index contributed by atoms with van der Waals surface area (Å²) in [5.41, 5.74) is 9.74. The van der Waals surface area contributed by atoms with Crippen LogP contribution in [0.25, 0.3) is 10.9 Å². The number of H-pyrrole nitrogens is 1. The Hall–Kier alpha value is -3.71. The summed E-state index contributed by atoms with van der Waals surface area (Å²) >= 11 is 0. The van der Waals surface area contributed by atoms with Crippen LogP contribution >= 0.6 is 0 Å². The summed E-state index contributed by atoms with van der Waals surface area (Å²) in [7, 11) is 0. The number of nitrogens with zero attached hydrogens (tertiary/aromatic N) is 2. The molecule has 0 aliphatic heterocycles. The molecule has 5 N–H and O–H groups in total. The number of fused-ring (bicyclic) bond motifs is 1. The quantitative estimate of drug-likeness (QED) is 0.424. The van der Waals surface area contributed by atoms with Gasteiger partial charge in [0.05, 0.1) is 17.3 Å². The van der Waals surface area contributed by atoms with Crippen molar-refractivity contribution in [3.8, 4) is 0 Å². The summed E-state index contributed by atoms with van der Waals surface area (Å²) in [5.74, 6) is 0.234. The predicted molar refractivity (Wildman–Crippen MR) is 111 cm³/mol. The molecule has 1 atom stereocenters. The topological polar surface area (TPSA) is 109 Å². The second-order valence-electron chi connectivity index (χ2n) is 6.56. The van der Waals surface area contributed by atoms with Crippen LogP contribution < -0.4 is 16.4 Å². The first-order valence-corrected chi connectivity index (χ1v) is 8.92. The average molecular weight is 372 g/mol. The SMILES string of the molecule is C[C@H](N)c1ccc(NC(=O)c2cccnc2Nc2ccc3cn[nH]c3c2)cc1. The number of rotatable bonds is 5. The summed E-state index contributed by atoms with van der Waals surface area (Å²) in [6.45, 7) is 1.92. The third-order valence-corrected chi connectivity index (χ3v) is 4.45. The average Bonchev–Trinajstić information content (AvgIpc) is 3.16. The first kappa shape index (κ1) is 17.7. The Morgan fingerprint density at radius 1 is 1.11 bits per heavy atom. The Balaban J connectivity index is 1.55. The van der Waals surface area contributed by atoms with Crippen molar-refractivity contribution < 1.29 is 4.79 Å². The van der Waals surface area contributed by atoms with E-state index in [0.29, 0.717) is 17.1 Å². The van der Waals surface area contributed by atoms with Crippen molar-refractivity contribution in [2.24, 2.45) is 5.73 Å². The maximum absolute atomic E-state index is 12.8. The van der Waals surface area contributed by atoms with Gasteiger partial charge >= 0.3 is 0 Å². The van der Waals surface area contributed by atoms with Crippen molar-refractivity contribution in [1.82, 2.24) is 15.2 Å². The molecule has 4 rings (SSSR count). The molecule has 2 aromatic heterocycles. The third-order valence-electron chi connectivity index (χ3n) is 4.45.